The van der Waals surface area contributed by atoms with Crippen molar-refractivity contribution in [1.29, 1.82) is 0 Å². The van der Waals surface area contributed by atoms with Crippen molar-refractivity contribution in [2.24, 2.45) is 0 Å². The van der Waals surface area contributed by atoms with Gasteiger partial charge >= 0.3 is 0 Å². The van der Waals surface area contributed by atoms with Crippen LogP contribution in [0.3, 0.4) is 0 Å². The predicted octanol–water partition coefficient (Wildman–Crippen LogP) is 5.64. The number of halogens is 3. The molecular weight excluding hydrogens is 445 g/mol. The highest BCUT2D eigenvalue weighted by atomic mass is 79.9. The van der Waals surface area contributed by atoms with Gasteiger partial charge in [-0.25, -0.2) is 4.39 Å². The summed E-state index contributed by atoms with van der Waals surface area (Å²) >= 11 is 9.54. The van der Waals surface area contributed by atoms with Gasteiger partial charge in [0.25, 0.3) is 0 Å². The number of aliphatic hydroxyl groups excluding tert-OH is 1. The molecule has 0 saturated heterocycles. The fourth-order valence-corrected chi connectivity index (χ4v) is 3.39. The average molecular weight is 465 g/mol. The number of nitrogens with one attached hydrogen (secondary N) is 1. The normalized spacial score (nSPS) is 12.0. The highest BCUT2D eigenvalue weighted by molar-refractivity contribution is 9.10. The first-order chi connectivity index (χ1) is 13.5. The molecule has 0 heterocycles. The maximum Gasteiger partial charge on any atom is 0.124 e. The summed E-state index contributed by atoms with van der Waals surface area (Å²) in [6, 6.07) is 19.5. The zero-order chi connectivity index (χ0) is 19.9. The minimum Gasteiger partial charge on any atom is -0.489 e. The van der Waals surface area contributed by atoms with E-state index < -0.39 is 6.10 Å². The Bertz CT molecular complexity index is 924. The molecule has 0 fully saturated rings. The van der Waals surface area contributed by atoms with Crippen molar-refractivity contribution in [1.82, 2.24) is 5.32 Å². The second-order valence-electron chi connectivity index (χ2n) is 6.33. The van der Waals surface area contributed by atoms with Crippen molar-refractivity contribution in [3.05, 3.63) is 98.7 Å². The van der Waals surface area contributed by atoms with Gasteiger partial charge in [-0.15, -0.1) is 0 Å². The molecule has 0 aliphatic carbocycles. The molecule has 3 aromatic carbocycles. The molecule has 28 heavy (non-hydrogen) atoms. The SMILES string of the molecule is OC(CNCc1cc(Br)ccc1OCc1ccc(F)cc1Cl)c1ccccc1. The van der Waals surface area contributed by atoms with Gasteiger partial charge in [-0.05, 0) is 35.9 Å². The largest absolute Gasteiger partial charge is 0.489 e. The fourth-order valence-electron chi connectivity index (χ4n) is 2.76. The van der Waals surface area contributed by atoms with E-state index in [0.29, 0.717) is 29.4 Å². The highest BCUT2D eigenvalue weighted by Crippen LogP contribution is 2.26. The predicted molar refractivity (Wildman–Crippen MR) is 113 cm³/mol. The monoisotopic (exact) mass is 463 g/mol. The Morgan fingerprint density at radius 1 is 1.04 bits per heavy atom. The highest BCUT2D eigenvalue weighted by Gasteiger charge is 2.10. The lowest BCUT2D eigenvalue weighted by Crippen LogP contribution is -2.21. The number of rotatable bonds is 8. The second kappa shape index (κ2) is 10.0. The van der Waals surface area contributed by atoms with Crippen LogP contribution in [0.25, 0.3) is 0 Å². The Kier molecular flexibility index (Phi) is 7.45. The third-order valence-electron chi connectivity index (χ3n) is 4.26. The number of hydrogen-bond acceptors (Lipinski definition) is 3. The van der Waals surface area contributed by atoms with Crippen molar-refractivity contribution in [3.63, 3.8) is 0 Å². The van der Waals surface area contributed by atoms with Crippen LogP contribution in [-0.4, -0.2) is 11.7 Å². The van der Waals surface area contributed by atoms with Crippen molar-refractivity contribution in [2.45, 2.75) is 19.3 Å². The standard InChI is InChI=1S/C22H20BrClFNO2/c23-18-7-9-22(28-14-16-6-8-19(25)11-20(16)24)17(10-18)12-26-13-21(27)15-4-2-1-3-5-15/h1-11,21,26-27H,12-14H2. The molecular formula is C22H20BrClFNO2. The number of benzene rings is 3. The van der Waals surface area contributed by atoms with Gasteiger partial charge < -0.3 is 15.2 Å². The molecule has 3 aromatic rings. The molecule has 0 aliphatic heterocycles. The molecule has 0 aromatic heterocycles. The first-order valence-electron chi connectivity index (χ1n) is 8.82. The van der Waals surface area contributed by atoms with E-state index in [1.54, 1.807) is 6.07 Å². The van der Waals surface area contributed by atoms with E-state index in [1.807, 2.05) is 48.5 Å². The Hall–Kier alpha value is -1.92. The summed E-state index contributed by atoms with van der Waals surface area (Å²) in [5.74, 6) is 0.324. The molecule has 0 spiro atoms. The minimum atomic E-state index is -0.587. The van der Waals surface area contributed by atoms with Crippen molar-refractivity contribution in [2.75, 3.05) is 6.54 Å². The molecule has 3 rings (SSSR count). The molecule has 1 unspecified atom stereocenters. The van der Waals surface area contributed by atoms with Gasteiger partial charge in [-0.1, -0.05) is 63.9 Å². The molecule has 6 heteroatoms. The van der Waals surface area contributed by atoms with Gasteiger partial charge in [0.05, 0.1) is 11.1 Å². The molecule has 2 N–H and O–H groups in total. The van der Waals surface area contributed by atoms with Crippen LogP contribution < -0.4 is 10.1 Å². The molecule has 0 aliphatic rings. The third-order valence-corrected chi connectivity index (χ3v) is 5.10. The van der Waals surface area contributed by atoms with Crippen molar-refractivity contribution >= 4 is 27.5 Å². The summed E-state index contributed by atoms with van der Waals surface area (Å²) < 4.78 is 20.0. The Morgan fingerprint density at radius 3 is 2.57 bits per heavy atom. The molecule has 146 valence electrons. The molecule has 0 radical (unpaired) electrons. The summed E-state index contributed by atoms with van der Waals surface area (Å²) in [5.41, 5.74) is 2.52. The molecule has 0 bridgehead atoms. The quantitative estimate of drug-likeness (QED) is 0.453. The summed E-state index contributed by atoms with van der Waals surface area (Å²) in [7, 11) is 0. The van der Waals surface area contributed by atoms with Crippen LogP contribution in [0.1, 0.15) is 22.8 Å². The maximum absolute atomic E-state index is 13.2. The van der Waals surface area contributed by atoms with E-state index in [-0.39, 0.29) is 12.4 Å². The van der Waals surface area contributed by atoms with Gasteiger partial charge in [-0.3, -0.25) is 0 Å². The minimum absolute atomic E-state index is 0.236. The van der Waals surface area contributed by atoms with Crippen molar-refractivity contribution < 1.29 is 14.2 Å². The number of aliphatic hydroxyl groups is 1. The number of ether oxygens (including phenoxy) is 1. The lowest BCUT2D eigenvalue weighted by Gasteiger charge is -2.15. The van der Waals surface area contributed by atoms with E-state index >= 15 is 0 Å². The third kappa shape index (κ3) is 5.79. The zero-order valence-corrected chi connectivity index (χ0v) is 17.4. The molecule has 0 amide bonds. The first kappa shape index (κ1) is 20.8. The van der Waals surface area contributed by atoms with E-state index in [0.717, 1.165) is 15.6 Å². The smallest absolute Gasteiger partial charge is 0.124 e. The summed E-state index contributed by atoms with van der Waals surface area (Å²) in [6.45, 7) is 1.18. The van der Waals surface area contributed by atoms with Crippen LogP contribution in [0.4, 0.5) is 4.39 Å². The van der Waals surface area contributed by atoms with Crippen LogP contribution in [0.15, 0.2) is 71.2 Å². The van der Waals surface area contributed by atoms with Crippen molar-refractivity contribution in [3.8, 4) is 5.75 Å². The molecule has 0 saturated carbocycles. The maximum atomic E-state index is 13.2. The lowest BCUT2D eigenvalue weighted by atomic mass is 10.1. The fraction of sp³-hybridized carbons (Fsp3) is 0.182. The Balaban J connectivity index is 1.62. The average Bonchev–Trinajstić information content (AvgIpc) is 2.69. The van der Waals surface area contributed by atoms with Gasteiger partial charge in [0.15, 0.2) is 0 Å². The summed E-state index contributed by atoms with van der Waals surface area (Å²) in [4.78, 5) is 0. The van der Waals surface area contributed by atoms with Crippen LogP contribution >= 0.6 is 27.5 Å². The second-order valence-corrected chi connectivity index (χ2v) is 7.66. The zero-order valence-electron chi connectivity index (χ0n) is 15.0. The van der Waals surface area contributed by atoms with Crippen LogP contribution in [-0.2, 0) is 13.2 Å². The van der Waals surface area contributed by atoms with E-state index in [1.165, 1.54) is 12.1 Å². The summed E-state index contributed by atoms with van der Waals surface area (Å²) in [6.07, 6.45) is -0.587. The molecule has 1 atom stereocenters. The van der Waals surface area contributed by atoms with Crippen LogP contribution in [0.2, 0.25) is 5.02 Å². The topological polar surface area (TPSA) is 41.5 Å². The van der Waals surface area contributed by atoms with E-state index in [9.17, 15) is 9.50 Å². The Morgan fingerprint density at radius 2 is 1.82 bits per heavy atom. The summed E-state index contributed by atoms with van der Waals surface area (Å²) in [5, 5.41) is 13.9. The Labute approximate surface area is 177 Å². The number of hydrogen-bond donors (Lipinski definition) is 2. The van der Waals surface area contributed by atoms with Gasteiger partial charge in [-0.2, -0.15) is 0 Å². The van der Waals surface area contributed by atoms with E-state index in [4.69, 9.17) is 16.3 Å². The molecule has 3 nitrogen and oxygen atoms in total. The van der Waals surface area contributed by atoms with Gasteiger partial charge in [0.1, 0.15) is 18.2 Å². The van der Waals surface area contributed by atoms with Crippen LogP contribution in [0.5, 0.6) is 5.75 Å². The first-order valence-corrected chi connectivity index (χ1v) is 9.99. The van der Waals surface area contributed by atoms with Crippen LogP contribution in [0, 0.1) is 5.82 Å². The van der Waals surface area contributed by atoms with Gasteiger partial charge in [0, 0.05) is 28.7 Å². The van der Waals surface area contributed by atoms with E-state index in [2.05, 4.69) is 21.2 Å². The van der Waals surface area contributed by atoms with Gasteiger partial charge in [0.2, 0.25) is 0 Å². The lowest BCUT2D eigenvalue weighted by molar-refractivity contribution is 0.174.